The van der Waals surface area contributed by atoms with Gasteiger partial charge < -0.3 is 5.32 Å². The summed E-state index contributed by atoms with van der Waals surface area (Å²) in [5.41, 5.74) is 1.02. The molecule has 0 aliphatic rings. The van der Waals surface area contributed by atoms with Crippen LogP contribution in [-0.2, 0) is 6.54 Å². The molecule has 1 aromatic heterocycles. The standard InChI is InChI=1S/C12H15ClN4/c1-3-14-12-16-15-11(17(12)4-2)9-5-7-10(13)8-6-9/h5-8H,3-4H2,1-2H3,(H,14,16). The molecule has 1 aromatic carbocycles. The van der Waals surface area contributed by atoms with Gasteiger partial charge in [0, 0.05) is 23.7 Å². The van der Waals surface area contributed by atoms with Crippen LogP contribution < -0.4 is 5.32 Å². The number of hydrogen-bond acceptors (Lipinski definition) is 3. The lowest BCUT2D eigenvalue weighted by atomic mass is 10.2. The van der Waals surface area contributed by atoms with Crippen molar-refractivity contribution >= 4 is 17.5 Å². The van der Waals surface area contributed by atoms with Crippen molar-refractivity contribution in [3.63, 3.8) is 0 Å². The molecule has 0 spiro atoms. The second-order valence-corrected chi connectivity index (χ2v) is 4.07. The molecular formula is C12H15ClN4. The number of benzene rings is 1. The first-order valence-corrected chi connectivity index (χ1v) is 6.07. The van der Waals surface area contributed by atoms with E-state index in [1.807, 2.05) is 35.8 Å². The van der Waals surface area contributed by atoms with Crippen molar-refractivity contribution in [1.82, 2.24) is 14.8 Å². The third-order valence-corrected chi connectivity index (χ3v) is 2.76. The molecule has 0 atom stereocenters. The monoisotopic (exact) mass is 250 g/mol. The molecule has 90 valence electrons. The van der Waals surface area contributed by atoms with Gasteiger partial charge in [-0.15, -0.1) is 10.2 Å². The van der Waals surface area contributed by atoms with Gasteiger partial charge in [-0.25, -0.2) is 0 Å². The summed E-state index contributed by atoms with van der Waals surface area (Å²) in [6.45, 7) is 5.77. The molecule has 2 rings (SSSR count). The van der Waals surface area contributed by atoms with Gasteiger partial charge >= 0.3 is 0 Å². The van der Waals surface area contributed by atoms with Crippen LogP contribution in [0.1, 0.15) is 13.8 Å². The lowest BCUT2D eigenvalue weighted by Gasteiger charge is -2.07. The maximum Gasteiger partial charge on any atom is 0.224 e. The van der Waals surface area contributed by atoms with Crippen LogP contribution in [0, 0.1) is 0 Å². The van der Waals surface area contributed by atoms with Crippen molar-refractivity contribution in [3.05, 3.63) is 29.3 Å². The van der Waals surface area contributed by atoms with Gasteiger partial charge in [0.05, 0.1) is 0 Å². The van der Waals surface area contributed by atoms with Crippen molar-refractivity contribution in [2.24, 2.45) is 0 Å². The molecule has 1 N–H and O–H groups in total. The Kier molecular flexibility index (Phi) is 3.64. The van der Waals surface area contributed by atoms with E-state index in [0.29, 0.717) is 0 Å². The van der Waals surface area contributed by atoms with Crippen LogP contribution >= 0.6 is 11.6 Å². The van der Waals surface area contributed by atoms with E-state index in [1.54, 1.807) is 0 Å². The molecule has 0 radical (unpaired) electrons. The Hall–Kier alpha value is -1.55. The Balaban J connectivity index is 2.41. The number of halogens is 1. The Labute approximate surface area is 106 Å². The number of nitrogens with zero attached hydrogens (tertiary/aromatic N) is 3. The molecular weight excluding hydrogens is 236 g/mol. The molecule has 0 amide bonds. The fraction of sp³-hybridized carbons (Fsp3) is 0.333. The minimum atomic E-state index is 0.725. The molecule has 0 fully saturated rings. The van der Waals surface area contributed by atoms with Crippen LogP contribution in [-0.4, -0.2) is 21.3 Å². The van der Waals surface area contributed by atoms with Crippen LogP contribution in [0.5, 0.6) is 0 Å². The first kappa shape index (κ1) is 11.9. The summed E-state index contributed by atoms with van der Waals surface area (Å²) in [6.07, 6.45) is 0. The van der Waals surface area contributed by atoms with Crippen molar-refractivity contribution in [3.8, 4) is 11.4 Å². The van der Waals surface area contributed by atoms with E-state index in [9.17, 15) is 0 Å². The van der Waals surface area contributed by atoms with Crippen molar-refractivity contribution in [2.75, 3.05) is 11.9 Å². The fourth-order valence-electron chi connectivity index (χ4n) is 1.70. The second-order valence-electron chi connectivity index (χ2n) is 3.63. The molecule has 0 unspecified atom stereocenters. The third-order valence-electron chi connectivity index (χ3n) is 2.50. The Bertz CT molecular complexity index is 490. The molecule has 0 bridgehead atoms. The fourth-order valence-corrected chi connectivity index (χ4v) is 1.83. The quantitative estimate of drug-likeness (QED) is 0.907. The minimum absolute atomic E-state index is 0.725. The summed E-state index contributed by atoms with van der Waals surface area (Å²) in [6, 6.07) is 7.62. The van der Waals surface area contributed by atoms with Gasteiger partial charge in [0.25, 0.3) is 0 Å². The summed E-state index contributed by atoms with van der Waals surface area (Å²) in [5, 5.41) is 12.3. The molecule has 17 heavy (non-hydrogen) atoms. The van der Waals surface area contributed by atoms with E-state index < -0.39 is 0 Å². The Morgan fingerprint density at radius 2 is 1.88 bits per heavy atom. The minimum Gasteiger partial charge on any atom is -0.355 e. The van der Waals surface area contributed by atoms with Gasteiger partial charge in [0.15, 0.2) is 5.82 Å². The zero-order valence-electron chi connectivity index (χ0n) is 9.94. The third kappa shape index (κ3) is 2.42. The average Bonchev–Trinajstić information content (AvgIpc) is 2.73. The predicted octanol–water partition coefficient (Wildman–Crippen LogP) is 3.05. The van der Waals surface area contributed by atoms with Gasteiger partial charge in [-0.05, 0) is 38.1 Å². The highest BCUT2D eigenvalue weighted by molar-refractivity contribution is 6.30. The zero-order valence-corrected chi connectivity index (χ0v) is 10.7. The topological polar surface area (TPSA) is 42.7 Å². The highest BCUT2D eigenvalue weighted by Crippen LogP contribution is 2.22. The lowest BCUT2D eigenvalue weighted by molar-refractivity contribution is 0.770. The van der Waals surface area contributed by atoms with E-state index in [1.165, 1.54) is 0 Å². The predicted molar refractivity (Wildman–Crippen MR) is 70.3 cm³/mol. The van der Waals surface area contributed by atoms with Crippen LogP contribution in [0.15, 0.2) is 24.3 Å². The van der Waals surface area contributed by atoms with Crippen molar-refractivity contribution < 1.29 is 0 Å². The van der Waals surface area contributed by atoms with E-state index >= 15 is 0 Å². The molecule has 4 nitrogen and oxygen atoms in total. The summed E-state index contributed by atoms with van der Waals surface area (Å²) >= 11 is 5.87. The Morgan fingerprint density at radius 3 is 2.47 bits per heavy atom. The number of hydrogen-bond donors (Lipinski definition) is 1. The highest BCUT2D eigenvalue weighted by Gasteiger charge is 2.11. The number of anilines is 1. The number of nitrogens with one attached hydrogen (secondary N) is 1. The van der Waals surface area contributed by atoms with E-state index in [0.717, 1.165) is 35.4 Å². The molecule has 2 aromatic rings. The second kappa shape index (κ2) is 5.19. The van der Waals surface area contributed by atoms with Gasteiger partial charge in [-0.1, -0.05) is 11.6 Å². The molecule has 1 heterocycles. The van der Waals surface area contributed by atoms with Gasteiger partial charge in [0.1, 0.15) is 0 Å². The summed E-state index contributed by atoms with van der Waals surface area (Å²) < 4.78 is 2.05. The first-order valence-electron chi connectivity index (χ1n) is 5.69. The molecule has 0 aliphatic carbocycles. The van der Waals surface area contributed by atoms with E-state index in [-0.39, 0.29) is 0 Å². The SMILES string of the molecule is CCNc1nnc(-c2ccc(Cl)cc2)n1CC. The van der Waals surface area contributed by atoms with Crippen LogP contribution in [0.3, 0.4) is 0 Å². The van der Waals surface area contributed by atoms with Crippen LogP contribution in [0.4, 0.5) is 5.95 Å². The van der Waals surface area contributed by atoms with Gasteiger partial charge in [-0.3, -0.25) is 4.57 Å². The molecule has 0 saturated heterocycles. The summed E-state index contributed by atoms with van der Waals surface area (Å²) in [7, 11) is 0. The number of aromatic nitrogens is 3. The maximum atomic E-state index is 5.87. The maximum absolute atomic E-state index is 5.87. The molecule has 0 saturated carbocycles. The summed E-state index contributed by atoms with van der Waals surface area (Å²) in [5.74, 6) is 1.67. The molecule has 5 heteroatoms. The van der Waals surface area contributed by atoms with Crippen molar-refractivity contribution in [2.45, 2.75) is 20.4 Å². The van der Waals surface area contributed by atoms with Crippen LogP contribution in [0.2, 0.25) is 5.02 Å². The highest BCUT2D eigenvalue weighted by atomic mass is 35.5. The lowest BCUT2D eigenvalue weighted by Crippen LogP contribution is -2.06. The largest absolute Gasteiger partial charge is 0.355 e. The van der Waals surface area contributed by atoms with Gasteiger partial charge in [0.2, 0.25) is 5.95 Å². The van der Waals surface area contributed by atoms with Crippen molar-refractivity contribution in [1.29, 1.82) is 0 Å². The normalized spacial score (nSPS) is 10.5. The van der Waals surface area contributed by atoms with E-state index in [2.05, 4.69) is 22.4 Å². The zero-order chi connectivity index (χ0) is 12.3. The summed E-state index contributed by atoms with van der Waals surface area (Å²) in [4.78, 5) is 0. The van der Waals surface area contributed by atoms with Gasteiger partial charge in [-0.2, -0.15) is 0 Å². The molecule has 0 aliphatic heterocycles. The van der Waals surface area contributed by atoms with E-state index in [4.69, 9.17) is 11.6 Å². The average molecular weight is 251 g/mol. The smallest absolute Gasteiger partial charge is 0.224 e. The van der Waals surface area contributed by atoms with Crippen LogP contribution in [0.25, 0.3) is 11.4 Å². The number of rotatable bonds is 4. The Morgan fingerprint density at radius 1 is 1.18 bits per heavy atom. The first-order chi connectivity index (χ1) is 8.26.